The van der Waals surface area contributed by atoms with Crippen LogP contribution in [0.25, 0.3) is 0 Å². The third-order valence-electron chi connectivity index (χ3n) is 4.43. The van der Waals surface area contributed by atoms with Gasteiger partial charge < -0.3 is 20.5 Å². The van der Waals surface area contributed by atoms with E-state index in [0.29, 0.717) is 25.4 Å². The van der Waals surface area contributed by atoms with Crippen LogP contribution in [0.1, 0.15) is 25.3 Å². The number of rotatable bonds is 9. The third-order valence-corrected chi connectivity index (χ3v) is 4.43. The van der Waals surface area contributed by atoms with Crippen molar-refractivity contribution < 1.29 is 19.4 Å². The lowest BCUT2D eigenvalue weighted by Crippen LogP contribution is -2.56. The first-order valence-electron chi connectivity index (χ1n) is 8.51. The molecule has 0 bridgehead atoms. The minimum absolute atomic E-state index is 0.0486. The minimum atomic E-state index is -0.818. The minimum Gasteiger partial charge on any atom is -0.481 e. The lowest BCUT2D eigenvalue weighted by atomic mass is 9.85. The fourth-order valence-corrected chi connectivity index (χ4v) is 3.02. The van der Waals surface area contributed by atoms with Crippen molar-refractivity contribution in [3.63, 3.8) is 0 Å². The molecule has 2 amide bonds. The van der Waals surface area contributed by atoms with E-state index in [2.05, 4.69) is 15.6 Å². The zero-order chi connectivity index (χ0) is 18.2. The van der Waals surface area contributed by atoms with Gasteiger partial charge in [-0.1, -0.05) is 13.0 Å². The maximum Gasteiger partial charge on any atom is 0.317 e. The molecule has 1 fully saturated rings. The van der Waals surface area contributed by atoms with Gasteiger partial charge in [0, 0.05) is 30.4 Å². The zero-order valence-corrected chi connectivity index (χ0v) is 14.7. The molecule has 0 spiro atoms. The third kappa shape index (κ3) is 5.60. The van der Waals surface area contributed by atoms with Crippen molar-refractivity contribution in [3.05, 3.63) is 23.9 Å². The van der Waals surface area contributed by atoms with E-state index in [9.17, 15) is 9.59 Å². The van der Waals surface area contributed by atoms with Crippen LogP contribution in [-0.4, -0.2) is 65.8 Å². The number of ether oxygens (including phenoxy) is 1. The quantitative estimate of drug-likeness (QED) is 0.610. The van der Waals surface area contributed by atoms with Crippen LogP contribution in [-0.2, 0) is 11.2 Å². The number of carboxylic acid groups (broad SMARTS) is 1. The number of aromatic nitrogens is 1. The van der Waals surface area contributed by atoms with Gasteiger partial charge in [-0.3, -0.25) is 9.69 Å². The molecule has 8 heteroatoms. The molecule has 1 saturated carbocycles. The lowest BCUT2D eigenvalue weighted by molar-refractivity contribution is -0.139. The van der Waals surface area contributed by atoms with Gasteiger partial charge in [0.2, 0.25) is 5.88 Å². The second-order valence-electron chi connectivity index (χ2n) is 6.10. The molecule has 1 aromatic rings. The van der Waals surface area contributed by atoms with Crippen LogP contribution in [0.5, 0.6) is 5.88 Å². The molecule has 3 N–H and O–H groups in total. The number of pyridine rings is 1. The number of hydrogen-bond acceptors (Lipinski definition) is 5. The Balaban J connectivity index is 1.66. The first-order valence-corrected chi connectivity index (χ1v) is 8.51. The maximum atomic E-state index is 11.9. The molecule has 1 aliphatic carbocycles. The van der Waals surface area contributed by atoms with Crippen molar-refractivity contribution in [3.8, 4) is 5.88 Å². The number of nitrogens with zero attached hydrogens (tertiary/aromatic N) is 2. The van der Waals surface area contributed by atoms with Crippen LogP contribution in [0.15, 0.2) is 18.3 Å². The average molecular weight is 350 g/mol. The van der Waals surface area contributed by atoms with Gasteiger partial charge >= 0.3 is 12.0 Å². The molecule has 0 saturated heterocycles. The Morgan fingerprint density at radius 1 is 1.44 bits per heavy atom. The zero-order valence-electron chi connectivity index (χ0n) is 14.7. The molecule has 8 nitrogen and oxygen atoms in total. The van der Waals surface area contributed by atoms with E-state index in [1.54, 1.807) is 13.3 Å². The van der Waals surface area contributed by atoms with Gasteiger partial charge in [-0.15, -0.1) is 0 Å². The summed E-state index contributed by atoms with van der Waals surface area (Å²) in [6.45, 7) is 3.18. The normalized spacial score (nSPS) is 19.2. The van der Waals surface area contributed by atoms with Crippen molar-refractivity contribution in [1.29, 1.82) is 0 Å². The van der Waals surface area contributed by atoms with Crippen LogP contribution < -0.4 is 15.4 Å². The second kappa shape index (κ2) is 9.22. The number of methoxy groups -OCH3 is 1. The molecule has 1 aromatic heterocycles. The monoisotopic (exact) mass is 350 g/mol. The Hall–Kier alpha value is -2.35. The van der Waals surface area contributed by atoms with Gasteiger partial charge in [-0.05, 0) is 31.9 Å². The van der Waals surface area contributed by atoms with Gasteiger partial charge in [0.15, 0.2) is 0 Å². The number of carbonyl (C=O) groups is 2. The van der Waals surface area contributed by atoms with Gasteiger partial charge in [0.25, 0.3) is 0 Å². The van der Waals surface area contributed by atoms with Crippen molar-refractivity contribution >= 4 is 12.0 Å². The van der Waals surface area contributed by atoms with Crippen LogP contribution in [0.3, 0.4) is 0 Å². The van der Waals surface area contributed by atoms with E-state index >= 15 is 0 Å². The number of hydrogen-bond donors (Lipinski definition) is 3. The first-order chi connectivity index (χ1) is 12.0. The van der Waals surface area contributed by atoms with Gasteiger partial charge in [-0.25, -0.2) is 9.78 Å². The van der Waals surface area contributed by atoms with E-state index in [1.807, 2.05) is 24.0 Å². The Morgan fingerprint density at radius 2 is 2.20 bits per heavy atom. The van der Waals surface area contributed by atoms with Crippen LogP contribution in [0.2, 0.25) is 0 Å². The van der Waals surface area contributed by atoms with Crippen molar-refractivity contribution in [2.75, 3.05) is 26.7 Å². The van der Waals surface area contributed by atoms with E-state index in [1.165, 1.54) is 0 Å². The first kappa shape index (κ1) is 19.0. The molecule has 138 valence electrons. The van der Waals surface area contributed by atoms with Gasteiger partial charge in [0.1, 0.15) is 0 Å². The highest BCUT2D eigenvalue weighted by atomic mass is 16.5. The topological polar surface area (TPSA) is 104 Å². The predicted octanol–water partition coefficient (Wildman–Crippen LogP) is 0.869. The van der Waals surface area contributed by atoms with Crippen LogP contribution >= 0.6 is 0 Å². The summed E-state index contributed by atoms with van der Waals surface area (Å²) < 4.78 is 5.18. The Morgan fingerprint density at radius 3 is 2.84 bits per heavy atom. The molecule has 0 radical (unpaired) electrons. The lowest BCUT2D eigenvalue weighted by Gasteiger charge is -2.42. The molecular weight excluding hydrogens is 324 g/mol. The molecule has 0 aliphatic heterocycles. The fourth-order valence-electron chi connectivity index (χ4n) is 3.02. The Kier molecular flexibility index (Phi) is 7.00. The SMILES string of the molecule is CCN(CC(=O)O)C1CC(NC(=O)NCCc2cccnc2OC)C1. The number of amides is 2. The van der Waals surface area contributed by atoms with E-state index < -0.39 is 5.97 Å². The summed E-state index contributed by atoms with van der Waals surface area (Å²) in [6, 6.07) is 3.88. The summed E-state index contributed by atoms with van der Waals surface area (Å²) in [5.74, 6) is -0.244. The largest absolute Gasteiger partial charge is 0.481 e. The summed E-state index contributed by atoms with van der Waals surface area (Å²) in [5.41, 5.74) is 0.946. The Labute approximate surface area is 147 Å². The number of likely N-dealkylation sites (N-methyl/N-ethyl adjacent to an activating group) is 1. The highest BCUT2D eigenvalue weighted by Gasteiger charge is 2.34. The highest BCUT2D eigenvalue weighted by Crippen LogP contribution is 2.25. The second-order valence-corrected chi connectivity index (χ2v) is 6.10. The molecule has 0 unspecified atom stereocenters. The van der Waals surface area contributed by atoms with Crippen molar-refractivity contribution in [2.45, 2.75) is 38.3 Å². The number of urea groups is 1. The number of nitrogens with one attached hydrogen (secondary N) is 2. The number of carbonyl (C=O) groups excluding carboxylic acids is 1. The fraction of sp³-hybridized carbons (Fsp3) is 0.588. The van der Waals surface area contributed by atoms with Gasteiger partial charge in [-0.2, -0.15) is 0 Å². The van der Waals surface area contributed by atoms with Crippen molar-refractivity contribution in [2.24, 2.45) is 0 Å². The molecule has 0 aromatic carbocycles. The van der Waals surface area contributed by atoms with Gasteiger partial charge in [0.05, 0.1) is 13.7 Å². The standard InChI is InChI=1S/C17H26N4O4/c1-3-21(11-15(22)23)14-9-13(10-14)20-17(24)19-8-6-12-5-4-7-18-16(12)25-2/h4-5,7,13-14H,3,6,8-11H2,1-2H3,(H,22,23)(H2,19,20,24). The molecular formula is C17H26N4O4. The smallest absolute Gasteiger partial charge is 0.317 e. The molecule has 25 heavy (non-hydrogen) atoms. The van der Waals surface area contributed by atoms with Crippen LogP contribution in [0.4, 0.5) is 4.79 Å². The molecule has 1 aliphatic rings. The van der Waals surface area contributed by atoms with E-state index in [4.69, 9.17) is 9.84 Å². The Bertz CT molecular complexity index is 590. The summed E-state index contributed by atoms with van der Waals surface area (Å²) in [6.07, 6.45) is 3.87. The van der Waals surface area contributed by atoms with Crippen molar-refractivity contribution in [1.82, 2.24) is 20.5 Å². The number of carboxylic acids is 1. The highest BCUT2D eigenvalue weighted by molar-refractivity contribution is 5.74. The number of aliphatic carboxylic acids is 1. The summed E-state index contributed by atoms with van der Waals surface area (Å²) in [7, 11) is 1.57. The summed E-state index contributed by atoms with van der Waals surface area (Å²) in [4.78, 5) is 28.8. The van der Waals surface area contributed by atoms with E-state index in [-0.39, 0.29) is 24.7 Å². The van der Waals surface area contributed by atoms with E-state index in [0.717, 1.165) is 18.4 Å². The molecule has 0 atom stereocenters. The summed E-state index contributed by atoms with van der Waals surface area (Å²) in [5, 5.41) is 14.6. The average Bonchev–Trinajstić information content (AvgIpc) is 2.56. The summed E-state index contributed by atoms with van der Waals surface area (Å²) >= 11 is 0. The molecule has 2 rings (SSSR count). The van der Waals surface area contributed by atoms with Crippen LogP contribution in [0, 0.1) is 0 Å². The molecule has 1 heterocycles. The maximum absolute atomic E-state index is 11.9. The predicted molar refractivity (Wildman–Crippen MR) is 92.7 cm³/mol.